The van der Waals surface area contributed by atoms with E-state index in [0.29, 0.717) is 5.92 Å². The molecule has 2 fully saturated rings. The molecule has 6 heteroatoms. The molecule has 0 aliphatic heterocycles. The van der Waals surface area contributed by atoms with Crippen molar-refractivity contribution in [3.8, 4) is 5.75 Å². The van der Waals surface area contributed by atoms with Crippen molar-refractivity contribution in [1.29, 1.82) is 0 Å². The molecule has 0 radical (unpaired) electrons. The van der Waals surface area contributed by atoms with Gasteiger partial charge in [0.2, 0.25) is 5.91 Å². The van der Waals surface area contributed by atoms with E-state index in [1.165, 1.54) is 25.7 Å². The Labute approximate surface area is 176 Å². The predicted molar refractivity (Wildman–Crippen MR) is 117 cm³/mol. The first-order valence-electron chi connectivity index (χ1n) is 8.81. The lowest BCUT2D eigenvalue weighted by atomic mass is 9.90. The van der Waals surface area contributed by atoms with Crippen LogP contribution in [0.3, 0.4) is 0 Å². The maximum absolute atomic E-state index is 12.4. The highest BCUT2D eigenvalue weighted by atomic mass is 127. The van der Waals surface area contributed by atoms with Crippen LogP contribution in [0, 0.1) is 24.4 Å². The Bertz CT molecular complexity index is 682. The summed E-state index contributed by atoms with van der Waals surface area (Å²) >= 11 is 4.55. The lowest BCUT2D eigenvalue weighted by molar-refractivity contribution is -0.123. The molecular formula is C19H24I2N2O2. The number of nitrogens with zero attached hydrogens (tertiary/aromatic N) is 1. The number of carbonyl (C=O) groups is 1. The number of benzene rings is 1. The molecule has 25 heavy (non-hydrogen) atoms. The van der Waals surface area contributed by atoms with Gasteiger partial charge < -0.3 is 4.74 Å². The van der Waals surface area contributed by atoms with Gasteiger partial charge in [0.25, 0.3) is 0 Å². The monoisotopic (exact) mass is 566 g/mol. The lowest BCUT2D eigenvalue weighted by Crippen LogP contribution is -2.22. The van der Waals surface area contributed by atoms with Crippen molar-refractivity contribution in [2.24, 2.45) is 22.4 Å². The van der Waals surface area contributed by atoms with Crippen LogP contribution in [0.4, 0.5) is 0 Å². The molecule has 2 aliphatic carbocycles. The molecule has 2 saturated carbocycles. The number of nitrogens with one attached hydrogen (secondary N) is 1. The third kappa shape index (κ3) is 4.14. The Kier molecular flexibility index (Phi) is 5.97. The van der Waals surface area contributed by atoms with Gasteiger partial charge in [-0.2, -0.15) is 5.10 Å². The summed E-state index contributed by atoms with van der Waals surface area (Å²) in [7, 11) is 0. The first-order chi connectivity index (χ1) is 11.8. The Morgan fingerprint density at radius 2 is 2.04 bits per heavy atom. The van der Waals surface area contributed by atoms with Crippen molar-refractivity contribution >= 4 is 57.3 Å². The summed E-state index contributed by atoms with van der Waals surface area (Å²) in [4.78, 5) is 12.4. The van der Waals surface area contributed by atoms with E-state index in [1.807, 2.05) is 26.0 Å². The fourth-order valence-corrected chi connectivity index (χ4v) is 6.16. The molecule has 3 atom stereocenters. The number of hydrogen-bond donors (Lipinski definition) is 1. The molecule has 2 aliphatic rings. The van der Waals surface area contributed by atoms with Gasteiger partial charge in [-0.3, -0.25) is 4.79 Å². The van der Waals surface area contributed by atoms with Crippen molar-refractivity contribution in [3.63, 3.8) is 0 Å². The summed E-state index contributed by atoms with van der Waals surface area (Å²) in [6, 6.07) is 4.04. The lowest BCUT2D eigenvalue weighted by Gasteiger charge is -2.15. The third-order valence-corrected chi connectivity index (χ3v) is 6.98. The fourth-order valence-electron chi connectivity index (χ4n) is 4.09. The molecule has 0 bridgehead atoms. The van der Waals surface area contributed by atoms with Crippen molar-refractivity contribution in [1.82, 2.24) is 5.43 Å². The topological polar surface area (TPSA) is 50.7 Å². The van der Waals surface area contributed by atoms with Gasteiger partial charge in [0.15, 0.2) is 0 Å². The van der Waals surface area contributed by atoms with Crippen molar-refractivity contribution in [2.75, 3.05) is 0 Å². The van der Waals surface area contributed by atoms with E-state index in [9.17, 15) is 4.79 Å². The first-order valence-corrected chi connectivity index (χ1v) is 11.0. The SMILES string of the molecule is CC(C)Oc1c(I)cc(/C=N\NC(=O)[C@@H]2[C@@H]3CCCC[C@@]23C)cc1I. The molecule has 136 valence electrons. The zero-order valence-electron chi connectivity index (χ0n) is 14.8. The molecule has 0 unspecified atom stereocenters. The maximum Gasteiger partial charge on any atom is 0.244 e. The van der Waals surface area contributed by atoms with E-state index in [0.717, 1.165) is 18.5 Å². The molecule has 1 N–H and O–H groups in total. The Hall–Kier alpha value is -0.380. The molecule has 0 heterocycles. The second-order valence-corrected chi connectivity index (χ2v) is 9.87. The van der Waals surface area contributed by atoms with Crippen LogP contribution in [0.25, 0.3) is 0 Å². The van der Waals surface area contributed by atoms with Gasteiger partial charge in [0.1, 0.15) is 5.75 Å². The number of ether oxygens (including phenoxy) is 1. The summed E-state index contributed by atoms with van der Waals surface area (Å²) in [5, 5.41) is 4.19. The molecule has 1 aromatic carbocycles. The number of amides is 1. The Morgan fingerprint density at radius 1 is 1.36 bits per heavy atom. The van der Waals surface area contributed by atoms with Crippen molar-refractivity contribution < 1.29 is 9.53 Å². The highest BCUT2D eigenvalue weighted by Crippen LogP contribution is 2.66. The second-order valence-electron chi connectivity index (χ2n) is 7.55. The standard InChI is InChI=1S/C19H24I2N2O2/c1-11(2)25-17-14(20)8-12(9-15(17)21)10-22-23-18(24)16-13-6-4-5-7-19(13,16)3/h8-11,13,16H,4-7H2,1-3H3,(H,23,24)/b22-10-/t13-,16-,19+/m0/s1. The van der Waals surface area contributed by atoms with Gasteiger partial charge in [0, 0.05) is 5.92 Å². The van der Waals surface area contributed by atoms with E-state index in [2.05, 4.69) is 62.6 Å². The summed E-state index contributed by atoms with van der Waals surface area (Å²) in [5.41, 5.74) is 3.94. The summed E-state index contributed by atoms with van der Waals surface area (Å²) in [5.74, 6) is 1.70. The van der Waals surface area contributed by atoms with E-state index >= 15 is 0 Å². The van der Waals surface area contributed by atoms with Crippen LogP contribution in [-0.4, -0.2) is 18.2 Å². The fraction of sp³-hybridized carbons (Fsp3) is 0.579. The van der Waals surface area contributed by atoms with Gasteiger partial charge in [-0.1, -0.05) is 19.8 Å². The Morgan fingerprint density at radius 3 is 2.60 bits per heavy atom. The number of carbonyl (C=O) groups excluding carboxylic acids is 1. The van der Waals surface area contributed by atoms with Crippen molar-refractivity contribution in [3.05, 3.63) is 24.8 Å². The number of hydrazone groups is 1. The highest BCUT2D eigenvalue weighted by Gasteiger charge is 2.64. The average Bonchev–Trinajstić information content (AvgIpc) is 3.16. The minimum atomic E-state index is 0.0785. The summed E-state index contributed by atoms with van der Waals surface area (Å²) < 4.78 is 7.94. The molecule has 0 spiro atoms. The van der Waals surface area contributed by atoms with Crippen LogP contribution in [0.1, 0.15) is 52.0 Å². The number of rotatable bonds is 5. The smallest absolute Gasteiger partial charge is 0.244 e. The number of fused-ring (bicyclic) bond motifs is 1. The van der Waals surface area contributed by atoms with Crippen LogP contribution in [-0.2, 0) is 4.79 Å². The van der Waals surface area contributed by atoms with E-state index in [-0.39, 0.29) is 23.3 Å². The van der Waals surface area contributed by atoms with Crippen LogP contribution < -0.4 is 10.2 Å². The van der Waals surface area contributed by atoms with E-state index < -0.39 is 0 Å². The first kappa shape index (κ1) is 19.4. The minimum absolute atomic E-state index is 0.0785. The molecule has 4 nitrogen and oxygen atoms in total. The van der Waals surface area contributed by atoms with Crippen LogP contribution in [0.5, 0.6) is 5.75 Å². The van der Waals surface area contributed by atoms with Gasteiger partial charge in [-0.15, -0.1) is 0 Å². The molecule has 0 aromatic heterocycles. The average molecular weight is 566 g/mol. The van der Waals surface area contributed by atoms with Crippen LogP contribution in [0.2, 0.25) is 0 Å². The highest BCUT2D eigenvalue weighted by molar-refractivity contribution is 14.1. The van der Waals surface area contributed by atoms with Crippen LogP contribution in [0.15, 0.2) is 17.2 Å². The van der Waals surface area contributed by atoms with Gasteiger partial charge >= 0.3 is 0 Å². The quantitative estimate of drug-likeness (QED) is 0.312. The predicted octanol–water partition coefficient (Wildman–Crippen LogP) is 4.96. The number of halogens is 2. The van der Waals surface area contributed by atoms with Gasteiger partial charge in [0.05, 0.1) is 19.5 Å². The summed E-state index contributed by atoms with van der Waals surface area (Å²) in [6.45, 7) is 6.29. The third-order valence-electron chi connectivity index (χ3n) is 5.38. The minimum Gasteiger partial charge on any atom is -0.489 e. The Balaban J connectivity index is 1.62. The molecule has 1 aromatic rings. The molecular weight excluding hydrogens is 542 g/mol. The van der Waals surface area contributed by atoms with Crippen LogP contribution >= 0.6 is 45.2 Å². The molecule has 0 saturated heterocycles. The zero-order chi connectivity index (χ0) is 18.2. The van der Waals surface area contributed by atoms with E-state index in [4.69, 9.17) is 4.74 Å². The number of hydrogen-bond acceptors (Lipinski definition) is 3. The normalized spacial score (nSPS) is 28.1. The van der Waals surface area contributed by atoms with Gasteiger partial charge in [-0.05, 0) is 101 Å². The molecule has 1 amide bonds. The largest absolute Gasteiger partial charge is 0.489 e. The van der Waals surface area contributed by atoms with Gasteiger partial charge in [-0.25, -0.2) is 5.43 Å². The zero-order valence-corrected chi connectivity index (χ0v) is 19.1. The molecule has 3 rings (SSSR count). The van der Waals surface area contributed by atoms with Crippen molar-refractivity contribution in [2.45, 2.75) is 52.6 Å². The summed E-state index contributed by atoms with van der Waals surface area (Å²) in [6.07, 6.45) is 6.73. The second kappa shape index (κ2) is 7.70. The maximum atomic E-state index is 12.4. The van der Waals surface area contributed by atoms with E-state index in [1.54, 1.807) is 6.21 Å².